The van der Waals surface area contributed by atoms with Crippen molar-refractivity contribution in [3.8, 4) is 5.69 Å². The molecule has 2 aromatic carbocycles. The molecular formula is C21H19N5O3. The lowest BCUT2D eigenvalue weighted by Gasteiger charge is -2.08. The second-order valence-electron chi connectivity index (χ2n) is 6.60. The lowest BCUT2D eigenvalue weighted by Crippen LogP contribution is -2.27. The van der Waals surface area contributed by atoms with E-state index in [0.29, 0.717) is 22.4 Å². The van der Waals surface area contributed by atoms with Crippen LogP contribution in [0.3, 0.4) is 0 Å². The van der Waals surface area contributed by atoms with Crippen LogP contribution in [0.4, 0.5) is 11.6 Å². The molecule has 29 heavy (non-hydrogen) atoms. The zero-order valence-corrected chi connectivity index (χ0v) is 15.9. The molecule has 0 saturated heterocycles. The molecule has 0 fully saturated rings. The molecule has 0 bridgehead atoms. The summed E-state index contributed by atoms with van der Waals surface area (Å²) in [7, 11) is 1.73. The van der Waals surface area contributed by atoms with Crippen molar-refractivity contribution in [3.05, 3.63) is 81.6 Å². The van der Waals surface area contributed by atoms with E-state index in [0.717, 1.165) is 0 Å². The van der Waals surface area contributed by atoms with Gasteiger partial charge in [-0.1, -0.05) is 30.3 Å². The van der Waals surface area contributed by atoms with Crippen LogP contribution < -0.4 is 22.0 Å². The molecule has 4 rings (SSSR count). The van der Waals surface area contributed by atoms with Gasteiger partial charge in [-0.2, -0.15) is 0 Å². The maximum Gasteiger partial charge on any atom is 0.295 e. The number of para-hydroxylation sites is 2. The summed E-state index contributed by atoms with van der Waals surface area (Å²) in [4.78, 5) is 25.9. The molecule has 0 atom stereocenters. The van der Waals surface area contributed by atoms with Crippen molar-refractivity contribution in [2.45, 2.75) is 6.92 Å². The molecular weight excluding hydrogens is 370 g/mol. The number of fused-ring (bicyclic) bond motifs is 1. The van der Waals surface area contributed by atoms with E-state index < -0.39 is 5.91 Å². The molecule has 4 N–H and O–H groups in total. The van der Waals surface area contributed by atoms with Crippen LogP contribution in [0.25, 0.3) is 16.7 Å². The molecule has 0 radical (unpaired) electrons. The Hall–Kier alpha value is -4.07. The number of nitrogen functional groups attached to an aromatic ring is 1. The van der Waals surface area contributed by atoms with Gasteiger partial charge in [0.2, 0.25) is 5.88 Å². The summed E-state index contributed by atoms with van der Waals surface area (Å²) in [5, 5.41) is 11.4. The topological polar surface area (TPSA) is 119 Å². The van der Waals surface area contributed by atoms with Crippen molar-refractivity contribution >= 4 is 28.4 Å². The van der Waals surface area contributed by atoms with Crippen molar-refractivity contribution in [1.29, 1.82) is 5.41 Å². The number of nitrogens with one attached hydrogen (secondary N) is 2. The van der Waals surface area contributed by atoms with E-state index in [9.17, 15) is 9.59 Å². The van der Waals surface area contributed by atoms with Gasteiger partial charge in [0.1, 0.15) is 16.8 Å². The predicted molar refractivity (Wildman–Crippen MR) is 110 cm³/mol. The first-order valence-corrected chi connectivity index (χ1v) is 8.91. The van der Waals surface area contributed by atoms with E-state index in [4.69, 9.17) is 15.6 Å². The molecule has 2 aromatic heterocycles. The van der Waals surface area contributed by atoms with Crippen LogP contribution in [0.1, 0.15) is 16.1 Å². The number of anilines is 2. The number of rotatable bonds is 3. The summed E-state index contributed by atoms with van der Waals surface area (Å²) >= 11 is 0. The quantitative estimate of drug-likeness (QED) is 0.499. The van der Waals surface area contributed by atoms with Gasteiger partial charge in [0.25, 0.3) is 11.5 Å². The van der Waals surface area contributed by atoms with Gasteiger partial charge in [0, 0.05) is 12.4 Å². The van der Waals surface area contributed by atoms with Gasteiger partial charge in [-0.25, -0.2) is 4.68 Å². The third-order valence-corrected chi connectivity index (χ3v) is 4.89. The molecule has 0 saturated carbocycles. The number of nitrogens with zero attached hydrogens (tertiary/aromatic N) is 2. The maximum atomic E-state index is 13.0. The Morgan fingerprint density at radius 3 is 2.48 bits per heavy atom. The molecule has 4 aromatic rings. The number of amides is 1. The van der Waals surface area contributed by atoms with E-state index in [-0.39, 0.29) is 28.1 Å². The number of carbonyl (C=O) groups excluding carboxylic acids is 1. The first kappa shape index (κ1) is 18.3. The summed E-state index contributed by atoms with van der Waals surface area (Å²) in [5.41, 5.74) is 7.18. The standard InChI is InChI=1S/C21H19N5O3/c1-12-18(21(28)26(25(12)2)13-8-4-3-5-9-13)24-20(27)16-17(22)14-10-6-7-11-15(14)29-19(16)23/h3-11,22H,23H2,1-2H3,(H,24,27). The van der Waals surface area contributed by atoms with Gasteiger partial charge in [-0.05, 0) is 31.2 Å². The normalized spacial score (nSPS) is 11.0. The average Bonchev–Trinajstić information content (AvgIpc) is 2.92. The van der Waals surface area contributed by atoms with Crippen molar-refractivity contribution in [2.24, 2.45) is 7.05 Å². The van der Waals surface area contributed by atoms with Crippen molar-refractivity contribution in [1.82, 2.24) is 9.36 Å². The number of hydrogen-bond donors (Lipinski definition) is 3. The van der Waals surface area contributed by atoms with Gasteiger partial charge >= 0.3 is 0 Å². The Morgan fingerprint density at radius 2 is 1.76 bits per heavy atom. The summed E-state index contributed by atoms with van der Waals surface area (Å²) < 4.78 is 8.61. The average molecular weight is 389 g/mol. The third kappa shape index (κ3) is 2.91. The van der Waals surface area contributed by atoms with Crippen LogP contribution in [-0.4, -0.2) is 15.3 Å². The zero-order valence-electron chi connectivity index (χ0n) is 15.9. The Bertz CT molecular complexity index is 1360. The largest absolute Gasteiger partial charge is 0.440 e. The van der Waals surface area contributed by atoms with E-state index in [1.165, 1.54) is 4.68 Å². The van der Waals surface area contributed by atoms with E-state index in [1.807, 2.05) is 18.2 Å². The number of aromatic nitrogens is 2. The number of hydrogen-bond acceptors (Lipinski definition) is 5. The van der Waals surface area contributed by atoms with E-state index in [1.54, 1.807) is 55.1 Å². The van der Waals surface area contributed by atoms with Crippen LogP contribution in [0.2, 0.25) is 0 Å². The summed E-state index contributed by atoms with van der Waals surface area (Å²) in [6.45, 7) is 1.73. The van der Waals surface area contributed by atoms with Crippen molar-refractivity contribution < 1.29 is 9.21 Å². The number of benzene rings is 2. The Balaban J connectivity index is 1.80. The highest BCUT2D eigenvalue weighted by molar-refractivity contribution is 6.08. The highest BCUT2D eigenvalue weighted by Crippen LogP contribution is 2.19. The van der Waals surface area contributed by atoms with Gasteiger partial charge in [-0.3, -0.25) is 19.7 Å². The highest BCUT2D eigenvalue weighted by atomic mass is 16.3. The highest BCUT2D eigenvalue weighted by Gasteiger charge is 2.22. The molecule has 8 nitrogen and oxygen atoms in total. The molecule has 0 aliphatic rings. The fourth-order valence-corrected chi connectivity index (χ4v) is 3.30. The minimum absolute atomic E-state index is 0.0566. The van der Waals surface area contributed by atoms with Crippen LogP contribution in [-0.2, 0) is 7.05 Å². The molecule has 146 valence electrons. The maximum absolute atomic E-state index is 13.0. The minimum Gasteiger partial charge on any atom is -0.440 e. The Kier molecular flexibility index (Phi) is 4.31. The first-order valence-electron chi connectivity index (χ1n) is 8.91. The lowest BCUT2D eigenvalue weighted by molar-refractivity contribution is 0.102. The van der Waals surface area contributed by atoms with Crippen LogP contribution in [0, 0.1) is 12.3 Å². The zero-order chi connectivity index (χ0) is 20.7. The molecule has 1 amide bonds. The summed E-state index contributed by atoms with van der Waals surface area (Å²) in [5.74, 6) is -0.851. The second-order valence-corrected chi connectivity index (χ2v) is 6.60. The van der Waals surface area contributed by atoms with Crippen molar-refractivity contribution in [3.63, 3.8) is 0 Å². The second kappa shape index (κ2) is 6.83. The SMILES string of the molecule is Cc1c(NC(=O)c2c(N)oc3ccccc3c2=N)c(=O)n(-c2ccccc2)n1C. The number of carbonyl (C=O) groups is 1. The van der Waals surface area contributed by atoms with E-state index in [2.05, 4.69) is 5.32 Å². The summed E-state index contributed by atoms with van der Waals surface area (Å²) in [6.07, 6.45) is 0. The Morgan fingerprint density at radius 1 is 1.10 bits per heavy atom. The van der Waals surface area contributed by atoms with Crippen LogP contribution >= 0.6 is 0 Å². The predicted octanol–water partition coefficient (Wildman–Crippen LogP) is 2.54. The van der Waals surface area contributed by atoms with Gasteiger partial charge in [-0.15, -0.1) is 0 Å². The smallest absolute Gasteiger partial charge is 0.295 e. The molecule has 0 aliphatic heterocycles. The van der Waals surface area contributed by atoms with Crippen molar-refractivity contribution in [2.75, 3.05) is 11.1 Å². The molecule has 0 aliphatic carbocycles. The Labute approximate surface area is 165 Å². The summed E-state index contributed by atoms with van der Waals surface area (Å²) in [6, 6.07) is 16.0. The molecule has 0 spiro atoms. The minimum atomic E-state index is -0.673. The molecule has 8 heteroatoms. The van der Waals surface area contributed by atoms with Gasteiger partial charge in [0.15, 0.2) is 0 Å². The van der Waals surface area contributed by atoms with Crippen LogP contribution in [0.15, 0.2) is 63.8 Å². The first-order chi connectivity index (χ1) is 13.9. The van der Waals surface area contributed by atoms with Gasteiger partial charge < -0.3 is 15.5 Å². The fraction of sp³-hybridized carbons (Fsp3) is 0.0952. The van der Waals surface area contributed by atoms with Gasteiger partial charge in [0.05, 0.1) is 16.7 Å². The lowest BCUT2D eigenvalue weighted by atomic mass is 10.1. The molecule has 0 unspecified atom stereocenters. The molecule has 2 heterocycles. The van der Waals surface area contributed by atoms with Crippen LogP contribution in [0.5, 0.6) is 0 Å². The monoisotopic (exact) mass is 389 g/mol. The third-order valence-electron chi connectivity index (χ3n) is 4.89. The number of nitrogens with two attached hydrogens (primary N) is 1. The van der Waals surface area contributed by atoms with E-state index >= 15 is 0 Å². The fourth-order valence-electron chi connectivity index (χ4n) is 3.30.